The molecule has 7 nitrogen and oxygen atoms in total. The molecule has 1 saturated heterocycles. The van der Waals surface area contributed by atoms with Crippen molar-refractivity contribution in [3.8, 4) is 5.69 Å². The highest BCUT2D eigenvalue weighted by atomic mass is 35.5. The number of nitrogens with zero attached hydrogens (tertiary/aromatic N) is 5. The zero-order valence-corrected chi connectivity index (χ0v) is 20.1. The first kappa shape index (κ1) is 23.0. The van der Waals surface area contributed by atoms with E-state index in [1.165, 1.54) is 16.6 Å². The molecule has 2 heterocycles. The molecule has 0 aliphatic carbocycles. The number of aromatic nitrogens is 3. The van der Waals surface area contributed by atoms with Crippen molar-refractivity contribution < 1.29 is 9.59 Å². The first-order valence-electron chi connectivity index (χ1n) is 11.0. The average molecular weight is 466 g/mol. The second-order valence-electron chi connectivity index (χ2n) is 9.27. The Balaban J connectivity index is 1.47. The smallest absolute Gasteiger partial charge is 0.294 e. The zero-order chi connectivity index (χ0) is 23.8. The maximum atomic E-state index is 13.2. The van der Waals surface area contributed by atoms with Crippen LogP contribution in [0, 0.1) is 0 Å². The van der Waals surface area contributed by atoms with Crippen molar-refractivity contribution in [2.45, 2.75) is 39.2 Å². The van der Waals surface area contributed by atoms with Crippen LogP contribution < -0.4 is 0 Å². The van der Waals surface area contributed by atoms with Gasteiger partial charge in [-0.3, -0.25) is 9.59 Å². The fraction of sp³-hybridized carbons (Fsp3) is 0.360. The number of rotatable bonds is 4. The van der Waals surface area contributed by atoms with Gasteiger partial charge in [0.15, 0.2) is 0 Å². The Morgan fingerprint density at radius 3 is 2.39 bits per heavy atom. The van der Waals surface area contributed by atoms with Crippen LogP contribution >= 0.6 is 11.6 Å². The number of carbonyl (C=O) groups excluding carboxylic acids is 2. The lowest BCUT2D eigenvalue weighted by Crippen LogP contribution is -2.62. The SMILES string of the molecule is CC(C)c1ccc(C(=O)N2CCN(C(=O)c3ncn(-c4cccc(Cl)c4)n3)C(C)(C)C2)cc1. The highest BCUT2D eigenvalue weighted by molar-refractivity contribution is 6.30. The number of hydrogen-bond acceptors (Lipinski definition) is 4. The van der Waals surface area contributed by atoms with Crippen molar-refractivity contribution in [3.63, 3.8) is 0 Å². The van der Waals surface area contributed by atoms with Crippen LogP contribution in [-0.2, 0) is 0 Å². The van der Waals surface area contributed by atoms with Crippen LogP contribution in [0.2, 0.25) is 5.02 Å². The lowest BCUT2D eigenvalue weighted by atomic mass is 9.97. The highest BCUT2D eigenvalue weighted by Gasteiger charge is 2.40. The molecule has 3 aromatic rings. The third-order valence-corrected chi connectivity index (χ3v) is 6.25. The Bertz CT molecular complexity index is 1170. The fourth-order valence-electron chi connectivity index (χ4n) is 4.12. The van der Waals surface area contributed by atoms with Crippen molar-refractivity contribution in [1.29, 1.82) is 0 Å². The van der Waals surface area contributed by atoms with E-state index in [2.05, 4.69) is 23.9 Å². The summed E-state index contributed by atoms with van der Waals surface area (Å²) in [6, 6.07) is 15.0. The summed E-state index contributed by atoms with van der Waals surface area (Å²) < 4.78 is 1.53. The molecular formula is C25H28ClN5O2. The Labute approximate surface area is 199 Å². The summed E-state index contributed by atoms with van der Waals surface area (Å²) in [7, 11) is 0. The third kappa shape index (κ3) is 4.78. The van der Waals surface area contributed by atoms with Gasteiger partial charge < -0.3 is 9.80 Å². The van der Waals surface area contributed by atoms with Gasteiger partial charge in [0.25, 0.3) is 11.8 Å². The van der Waals surface area contributed by atoms with Gasteiger partial charge in [-0.2, -0.15) is 0 Å². The number of halogens is 1. The highest BCUT2D eigenvalue weighted by Crippen LogP contribution is 2.25. The summed E-state index contributed by atoms with van der Waals surface area (Å²) in [5, 5.41) is 4.94. The Hall–Kier alpha value is -3.19. The minimum absolute atomic E-state index is 0.0196. The largest absolute Gasteiger partial charge is 0.335 e. The molecule has 4 rings (SSSR count). The van der Waals surface area contributed by atoms with E-state index < -0.39 is 5.54 Å². The molecule has 1 aliphatic rings. The van der Waals surface area contributed by atoms with Crippen LogP contribution in [-0.4, -0.2) is 61.6 Å². The third-order valence-electron chi connectivity index (χ3n) is 6.01. The summed E-state index contributed by atoms with van der Waals surface area (Å²) in [4.78, 5) is 34.1. The monoisotopic (exact) mass is 465 g/mol. The Morgan fingerprint density at radius 2 is 1.76 bits per heavy atom. The van der Waals surface area contributed by atoms with Crippen LogP contribution in [0.5, 0.6) is 0 Å². The molecule has 1 aliphatic heterocycles. The minimum atomic E-state index is -0.565. The van der Waals surface area contributed by atoms with Crippen LogP contribution in [0.25, 0.3) is 5.69 Å². The van der Waals surface area contributed by atoms with Crippen molar-refractivity contribution in [2.24, 2.45) is 0 Å². The summed E-state index contributed by atoms with van der Waals surface area (Å²) >= 11 is 6.06. The average Bonchev–Trinajstić information content (AvgIpc) is 3.28. The Morgan fingerprint density at radius 1 is 1.03 bits per heavy atom. The molecule has 0 bridgehead atoms. The number of hydrogen-bond donors (Lipinski definition) is 0. The topological polar surface area (TPSA) is 71.3 Å². The Kier molecular flexibility index (Phi) is 6.26. The fourth-order valence-corrected chi connectivity index (χ4v) is 4.31. The van der Waals surface area contributed by atoms with Gasteiger partial charge in [-0.25, -0.2) is 9.67 Å². The molecule has 0 spiro atoms. The van der Waals surface area contributed by atoms with E-state index in [4.69, 9.17) is 11.6 Å². The molecule has 0 radical (unpaired) electrons. The molecular weight excluding hydrogens is 438 g/mol. The van der Waals surface area contributed by atoms with Gasteiger partial charge in [0.05, 0.1) is 11.2 Å². The van der Waals surface area contributed by atoms with Gasteiger partial charge in [-0.15, -0.1) is 5.10 Å². The van der Waals surface area contributed by atoms with E-state index in [0.29, 0.717) is 36.1 Å². The first-order chi connectivity index (χ1) is 15.7. The molecule has 33 heavy (non-hydrogen) atoms. The van der Waals surface area contributed by atoms with Crippen LogP contribution in [0.15, 0.2) is 54.9 Å². The molecule has 0 N–H and O–H groups in total. The van der Waals surface area contributed by atoms with Crippen molar-refractivity contribution in [1.82, 2.24) is 24.6 Å². The molecule has 1 aromatic heterocycles. The predicted molar refractivity (Wildman–Crippen MR) is 128 cm³/mol. The molecule has 1 fully saturated rings. The van der Waals surface area contributed by atoms with Gasteiger partial charge in [0, 0.05) is 30.2 Å². The van der Waals surface area contributed by atoms with Crippen molar-refractivity contribution >= 4 is 23.4 Å². The van der Waals surface area contributed by atoms with E-state index in [-0.39, 0.29) is 17.6 Å². The van der Waals surface area contributed by atoms with E-state index in [9.17, 15) is 9.59 Å². The number of carbonyl (C=O) groups is 2. The standard InChI is InChI=1S/C25H28ClN5O2/c1-17(2)18-8-10-19(11-9-18)23(32)29-12-13-30(25(3,4)15-29)24(33)22-27-16-31(28-22)21-7-5-6-20(26)14-21/h5-11,14,16-17H,12-13,15H2,1-4H3. The maximum Gasteiger partial charge on any atom is 0.294 e. The zero-order valence-electron chi connectivity index (χ0n) is 19.3. The normalized spacial score (nSPS) is 15.7. The second kappa shape index (κ2) is 8.98. The van der Waals surface area contributed by atoms with E-state index in [1.54, 1.807) is 17.0 Å². The lowest BCUT2D eigenvalue weighted by Gasteiger charge is -2.46. The van der Waals surface area contributed by atoms with Gasteiger partial charge in [0.2, 0.25) is 5.82 Å². The van der Waals surface area contributed by atoms with Crippen molar-refractivity contribution in [2.75, 3.05) is 19.6 Å². The number of amides is 2. The summed E-state index contributed by atoms with van der Waals surface area (Å²) in [6.07, 6.45) is 1.51. The molecule has 0 saturated carbocycles. The second-order valence-corrected chi connectivity index (χ2v) is 9.70. The summed E-state index contributed by atoms with van der Waals surface area (Å²) in [6.45, 7) is 9.46. The molecule has 0 unspecified atom stereocenters. The van der Waals surface area contributed by atoms with Crippen molar-refractivity contribution in [3.05, 3.63) is 76.8 Å². The van der Waals surface area contributed by atoms with Gasteiger partial charge in [-0.1, -0.05) is 43.6 Å². The molecule has 2 aromatic carbocycles. The number of piperazine rings is 1. The van der Waals surface area contributed by atoms with E-state index in [1.807, 2.05) is 55.1 Å². The van der Waals surface area contributed by atoms with Crippen LogP contribution in [0.3, 0.4) is 0 Å². The quantitative estimate of drug-likeness (QED) is 0.571. The number of benzene rings is 2. The molecule has 172 valence electrons. The lowest BCUT2D eigenvalue weighted by molar-refractivity contribution is 0.0160. The predicted octanol–water partition coefficient (Wildman–Crippen LogP) is 4.42. The molecule has 2 amide bonds. The van der Waals surface area contributed by atoms with E-state index >= 15 is 0 Å². The summed E-state index contributed by atoms with van der Waals surface area (Å²) in [5.74, 6) is 0.258. The molecule has 8 heteroatoms. The first-order valence-corrected chi connectivity index (χ1v) is 11.4. The van der Waals surface area contributed by atoms with Gasteiger partial charge in [-0.05, 0) is 55.7 Å². The van der Waals surface area contributed by atoms with Gasteiger partial charge in [0.1, 0.15) is 6.33 Å². The maximum absolute atomic E-state index is 13.2. The van der Waals surface area contributed by atoms with Crippen LogP contribution in [0.4, 0.5) is 0 Å². The van der Waals surface area contributed by atoms with E-state index in [0.717, 1.165) is 5.69 Å². The summed E-state index contributed by atoms with van der Waals surface area (Å²) in [5.41, 5.74) is 2.03. The van der Waals surface area contributed by atoms with Gasteiger partial charge >= 0.3 is 0 Å². The minimum Gasteiger partial charge on any atom is -0.335 e. The van der Waals surface area contributed by atoms with Crippen LogP contribution in [0.1, 0.15) is 60.2 Å². The molecule has 0 atom stereocenters.